The number of hydrogen-bond acceptors (Lipinski definition) is 7. The van der Waals surface area contributed by atoms with Crippen LogP contribution in [0.15, 0.2) is 12.3 Å². The van der Waals surface area contributed by atoms with Crippen LogP contribution in [0.5, 0.6) is 5.88 Å². The number of aliphatic hydroxyl groups excluding tert-OH is 1. The van der Waals surface area contributed by atoms with E-state index in [0.717, 1.165) is 6.42 Å². The molecule has 0 aliphatic heterocycles. The summed E-state index contributed by atoms with van der Waals surface area (Å²) in [7, 11) is 1.24. The van der Waals surface area contributed by atoms with Crippen LogP contribution in [-0.2, 0) is 9.53 Å². The molecule has 7 heteroatoms. The van der Waals surface area contributed by atoms with E-state index in [1.165, 1.54) is 13.3 Å². The molecule has 18 heavy (non-hydrogen) atoms. The van der Waals surface area contributed by atoms with Crippen molar-refractivity contribution >= 4 is 11.9 Å². The summed E-state index contributed by atoms with van der Waals surface area (Å²) in [5.41, 5.74) is 0. The highest BCUT2D eigenvalue weighted by atomic mass is 16.5. The number of anilines is 1. The summed E-state index contributed by atoms with van der Waals surface area (Å²) < 4.78 is 9.85. The third-order valence-electron chi connectivity index (χ3n) is 2.06. The van der Waals surface area contributed by atoms with E-state index in [2.05, 4.69) is 20.0 Å². The van der Waals surface area contributed by atoms with E-state index in [-0.39, 0.29) is 5.95 Å². The van der Waals surface area contributed by atoms with Gasteiger partial charge in [-0.05, 0) is 6.42 Å². The van der Waals surface area contributed by atoms with Crippen LogP contribution in [0.25, 0.3) is 0 Å². The molecule has 1 unspecified atom stereocenters. The van der Waals surface area contributed by atoms with Crippen molar-refractivity contribution in [2.75, 3.05) is 25.6 Å². The first-order chi connectivity index (χ1) is 8.71. The fourth-order valence-electron chi connectivity index (χ4n) is 1.18. The Morgan fingerprint density at radius 2 is 2.39 bits per heavy atom. The molecule has 1 aromatic heterocycles. The second kappa shape index (κ2) is 7.44. The highest BCUT2D eigenvalue weighted by molar-refractivity contribution is 5.78. The van der Waals surface area contributed by atoms with Gasteiger partial charge >= 0.3 is 5.97 Å². The molecule has 100 valence electrons. The predicted molar refractivity (Wildman–Crippen MR) is 64.3 cm³/mol. The Hall–Kier alpha value is -1.89. The Balaban J connectivity index is 2.68. The average Bonchev–Trinajstić information content (AvgIpc) is 2.42. The van der Waals surface area contributed by atoms with Gasteiger partial charge in [0.2, 0.25) is 11.8 Å². The Bertz CT molecular complexity index is 386. The molecule has 0 saturated heterocycles. The fourth-order valence-corrected chi connectivity index (χ4v) is 1.18. The number of methoxy groups -OCH3 is 1. The summed E-state index contributed by atoms with van der Waals surface area (Å²) in [6, 6.07) is 0.726. The highest BCUT2D eigenvalue weighted by Crippen LogP contribution is 2.09. The number of nitrogens with one attached hydrogen (secondary N) is 1. The molecule has 7 nitrogen and oxygen atoms in total. The number of carbonyl (C=O) groups excluding carboxylic acids is 1. The Morgan fingerprint density at radius 1 is 1.61 bits per heavy atom. The summed E-state index contributed by atoms with van der Waals surface area (Å²) in [5.74, 6) is 0.0324. The van der Waals surface area contributed by atoms with Crippen LogP contribution in [0.3, 0.4) is 0 Å². The summed E-state index contributed by atoms with van der Waals surface area (Å²) in [6.45, 7) is 2.13. The van der Waals surface area contributed by atoms with Crippen molar-refractivity contribution in [2.45, 2.75) is 19.4 Å². The first-order valence-corrected chi connectivity index (χ1v) is 5.62. The molecule has 0 radical (unpaired) electrons. The number of aromatic nitrogens is 2. The molecular weight excluding hydrogens is 238 g/mol. The van der Waals surface area contributed by atoms with Gasteiger partial charge in [-0.15, -0.1) is 0 Å². The highest BCUT2D eigenvalue weighted by Gasteiger charge is 2.18. The molecule has 0 amide bonds. The maximum atomic E-state index is 11.3. The van der Waals surface area contributed by atoms with Crippen molar-refractivity contribution in [1.82, 2.24) is 9.97 Å². The summed E-state index contributed by atoms with van der Waals surface area (Å²) in [4.78, 5) is 19.3. The number of hydrogen-bond donors (Lipinski definition) is 2. The molecule has 1 atom stereocenters. The third kappa shape index (κ3) is 4.17. The summed E-state index contributed by atoms with van der Waals surface area (Å²) in [6.07, 6.45) is 2.38. The van der Waals surface area contributed by atoms with Gasteiger partial charge in [0.25, 0.3) is 0 Å². The second-order valence-electron chi connectivity index (χ2n) is 3.47. The van der Waals surface area contributed by atoms with Crippen LogP contribution in [0, 0.1) is 0 Å². The molecule has 2 N–H and O–H groups in total. The van der Waals surface area contributed by atoms with Gasteiger partial charge in [-0.2, -0.15) is 4.98 Å². The number of nitrogens with zero attached hydrogens (tertiary/aromatic N) is 2. The lowest BCUT2D eigenvalue weighted by molar-refractivity contribution is -0.142. The first-order valence-electron chi connectivity index (χ1n) is 5.62. The van der Waals surface area contributed by atoms with Gasteiger partial charge in [0, 0.05) is 12.3 Å². The molecule has 1 rings (SSSR count). The minimum Gasteiger partial charge on any atom is -0.478 e. The van der Waals surface area contributed by atoms with Gasteiger partial charge in [0.15, 0.2) is 6.04 Å². The lowest BCUT2D eigenvalue weighted by Crippen LogP contribution is -2.34. The van der Waals surface area contributed by atoms with Crippen molar-refractivity contribution < 1.29 is 19.4 Å². The van der Waals surface area contributed by atoms with E-state index in [9.17, 15) is 4.79 Å². The zero-order valence-electron chi connectivity index (χ0n) is 10.4. The molecule has 1 aromatic rings. The van der Waals surface area contributed by atoms with Crippen LogP contribution in [0.1, 0.15) is 13.3 Å². The topological polar surface area (TPSA) is 93.6 Å². The molecule has 0 bridgehead atoms. The first kappa shape index (κ1) is 14.2. The minimum absolute atomic E-state index is 0.202. The van der Waals surface area contributed by atoms with E-state index >= 15 is 0 Å². The number of rotatable bonds is 7. The quantitative estimate of drug-likeness (QED) is 0.673. The lowest BCUT2D eigenvalue weighted by atomic mass is 10.3. The van der Waals surface area contributed by atoms with Crippen molar-refractivity contribution in [2.24, 2.45) is 0 Å². The van der Waals surface area contributed by atoms with Gasteiger partial charge in [-0.1, -0.05) is 6.92 Å². The van der Waals surface area contributed by atoms with Gasteiger partial charge in [0.1, 0.15) is 0 Å². The van der Waals surface area contributed by atoms with Crippen molar-refractivity contribution in [3.8, 4) is 5.88 Å². The zero-order valence-corrected chi connectivity index (χ0v) is 10.4. The van der Waals surface area contributed by atoms with Crippen LogP contribution < -0.4 is 10.1 Å². The van der Waals surface area contributed by atoms with Gasteiger partial charge in [-0.3, -0.25) is 0 Å². The Kier molecular flexibility index (Phi) is 5.86. The molecule has 0 aliphatic carbocycles. The Labute approximate surface area is 105 Å². The van der Waals surface area contributed by atoms with Gasteiger partial charge < -0.3 is 19.9 Å². The van der Waals surface area contributed by atoms with E-state index in [1.54, 1.807) is 6.07 Å². The maximum Gasteiger partial charge on any atom is 0.330 e. The minimum atomic E-state index is -0.892. The predicted octanol–water partition coefficient (Wildman–Crippen LogP) is 0.211. The number of aliphatic hydroxyl groups is 1. The summed E-state index contributed by atoms with van der Waals surface area (Å²) in [5, 5.41) is 11.7. The summed E-state index contributed by atoms with van der Waals surface area (Å²) >= 11 is 0. The van der Waals surface area contributed by atoms with Crippen molar-refractivity contribution in [3.05, 3.63) is 12.3 Å². The normalized spacial score (nSPS) is 11.7. The second-order valence-corrected chi connectivity index (χ2v) is 3.47. The van der Waals surface area contributed by atoms with Crippen molar-refractivity contribution in [1.29, 1.82) is 0 Å². The molecular formula is C11H17N3O4. The van der Waals surface area contributed by atoms with Gasteiger partial charge in [-0.25, -0.2) is 9.78 Å². The number of carbonyl (C=O) groups is 1. The Morgan fingerprint density at radius 3 is 3.00 bits per heavy atom. The standard InChI is InChI=1S/C11H17N3O4/c1-3-6-18-9-4-5-12-11(14-9)13-8(7-15)10(16)17-2/h4-5,8,15H,3,6-7H2,1-2H3,(H,12,13,14). The smallest absolute Gasteiger partial charge is 0.330 e. The fraction of sp³-hybridized carbons (Fsp3) is 0.545. The molecule has 1 heterocycles. The monoisotopic (exact) mass is 255 g/mol. The van der Waals surface area contributed by atoms with Crippen LogP contribution in [0.4, 0.5) is 5.95 Å². The SMILES string of the molecule is CCCOc1ccnc(NC(CO)C(=O)OC)n1. The molecule has 0 fully saturated rings. The lowest BCUT2D eigenvalue weighted by Gasteiger charge is -2.13. The van der Waals surface area contributed by atoms with E-state index in [1.807, 2.05) is 6.92 Å². The van der Waals surface area contributed by atoms with E-state index in [0.29, 0.717) is 12.5 Å². The van der Waals surface area contributed by atoms with E-state index in [4.69, 9.17) is 9.84 Å². The van der Waals surface area contributed by atoms with Gasteiger partial charge in [0.05, 0.1) is 20.3 Å². The van der Waals surface area contributed by atoms with Crippen LogP contribution in [0.2, 0.25) is 0 Å². The molecule has 0 spiro atoms. The molecule has 0 saturated carbocycles. The molecule has 0 aliphatic rings. The zero-order chi connectivity index (χ0) is 13.4. The third-order valence-corrected chi connectivity index (χ3v) is 2.06. The average molecular weight is 255 g/mol. The maximum absolute atomic E-state index is 11.3. The van der Waals surface area contributed by atoms with Crippen molar-refractivity contribution in [3.63, 3.8) is 0 Å². The number of esters is 1. The largest absolute Gasteiger partial charge is 0.478 e. The van der Waals surface area contributed by atoms with Crippen LogP contribution >= 0.6 is 0 Å². The molecule has 0 aromatic carbocycles. The van der Waals surface area contributed by atoms with Crippen LogP contribution in [-0.4, -0.2) is 47.4 Å². The number of ether oxygens (including phenoxy) is 2. The van der Waals surface area contributed by atoms with E-state index < -0.39 is 18.6 Å².